The van der Waals surface area contributed by atoms with Crippen LogP contribution in [0, 0.1) is 52.2 Å². The molecule has 0 saturated heterocycles. The molecular formula is C31H42FNO5. The number of aromatic nitrogens is 1. The monoisotopic (exact) mass is 527 g/mol. The number of aliphatic hydroxyl groups is 3. The molecule has 0 radical (unpaired) electrons. The van der Waals surface area contributed by atoms with Crippen LogP contribution in [0.4, 0.5) is 4.39 Å². The van der Waals surface area contributed by atoms with Gasteiger partial charge >= 0.3 is 5.63 Å². The number of aryl methyl sites for hydroxylation is 1. The number of aliphatic hydroxyl groups excluding tert-OH is 3. The number of fused-ring (bicyclic) bond motifs is 6. The lowest BCUT2D eigenvalue weighted by Crippen LogP contribution is -2.62. The molecule has 4 saturated carbocycles. The Morgan fingerprint density at radius 3 is 2.68 bits per heavy atom. The van der Waals surface area contributed by atoms with Crippen LogP contribution in [0.5, 0.6) is 0 Å². The van der Waals surface area contributed by atoms with E-state index in [1.165, 1.54) is 12.1 Å². The van der Waals surface area contributed by atoms with E-state index < -0.39 is 17.5 Å². The zero-order valence-electron chi connectivity index (χ0n) is 22.8. The van der Waals surface area contributed by atoms with E-state index in [9.17, 15) is 24.5 Å². The SMILES string of the molecule is C[C@H](CCc1nc2ccc(F)cc2c(=O)o1)[C@H]1CC[C@H]2[C@H]3C(C[C@H](O)[C@]12C)[C@@]1(C)CC[C@@H](O)C[C@H]1C[C@H]3O. The first kappa shape index (κ1) is 26.4. The molecule has 4 aliphatic carbocycles. The maximum atomic E-state index is 13.5. The summed E-state index contributed by atoms with van der Waals surface area (Å²) in [6, 6.07) is 3.98. The van der Waals surface area contributed by atoms with Gasteiger partial charge < -0.3 is 19.7 Å². The van der Waals surface area contributed by atoms with Gasteiger partial charge in [-0.15, -0.1) is 0 Å². The Kier molecular flexibility index (Phi) is 6.51. The second kappa shape index (κ2) is 9.38. The normalized spacial score (nSPS) is 43.3. The van der Waals surface area contributed by atoms with Crippen LogP contribution < -0.4 is 5.63 Å². The molecule has 4 fully saturated rings. The van der Waals surface area contributed by atoms with Crippen LogP contribution in [-0.4, -0.2) is 38.6 Å². The van der Waals surface area contributed by atoms with Crippen molar-refractivity contribution in [3.8, 4) is 0 Å². The molecule has 38 heavy (non-hydrogen) atoms. The van der Waals surface area contributed by atoms with E-state index in [0.717, 1.165) is 57.4 Å². The quantitative estimate of drug-likeness (QED) is 0.525. The lowest BCUT2D eigenvalue weighted by atomic mass is 9.43. The first-order valence-electron chi connectivity index (χ1n) is 14.7. The van der Waals surface area contributed by atoms with Gasteiger partial charge in [0.05, 0.1) is 29.2 Å². The highest BCUT2D eigenvalue weighted by Crippen LogP contribution is 2.68. The van der Waals surface area contributed by atoms with E-state index in [2.05, 4.69) is 25.8 Å². The molecule has 0 spiro atoms. The molecule has 0 amide bonds. The van der Waals surface area contributed by atoms with E-state index in [4.69, 9.17) is 4.42 Å². The second-order valence-corrected chi connectivity index (χ2v) is 13.6. The van der Waals surface area contributed by atoms with Crippen molar-refractivity contribution in [3.63, 3.8) is 0 Å². The van der Waals surface area contributed by atoms with Crippen molar-refractivity contribution < 1.29 is 24.1 Å². The standard InChI is InChI=1S/C31H42FNO5/c1-16(4-9-27-33-24-8-5-18(32)14-20(24)29(37)38-27)21-6-7-22-28-23(15-26(36)31(21,22)3)30(2)11-10-19(34)12-17(30)13-25(28)35/h5,8,14,16-17,19,21-23,25-26,28,34-36H,4,6-7,9-13,15H2,1-3H3/t16-,17+,19-,21-,22+,23?,25-,26+,28+,30+,31-/m1/s1. The van der Waals surface area contributed by atoms with Crippen LogP contribution >= 0.6 is 0 Å². The highest BCUT2D eigenvalue weighted by molar-refractivity contribution is 5.76. The van der Waals surface area contributed by atoms with Crippen LogP contribution in [0.2, 0.25) is 0 Å². The molecule has 0 bridgehead atoms. The zero-order chi connectivity index (χ0) is 27.0. The molecule has 11 atom stereocenters. The third kappa shape index (κ3) is 3.98. The van der Waals surface area contributed by atoms with Gasteiger partial charge in [-0.3, -0.25) is 0 Å². The number of benzene rings is 1. The smallest absolute Gasteiger partial charge is 0.346 e. The average molecular weight is 528 g/mol. The van der Waals surface area contributed by atoms with Crippen molar-refractivity contribution in [1.29, 1.82) is 0 Å². The van der Waals surface area contributed by atoms with E-state index in [1.54, 1.807) is 0 Å². The van der Waals surface area contributed by atoms with E-state index in [0.29, 0.717) is 29.7 Å². The van der Waals surface area contributed by atoms with Gasteiger partial charge in [-0.2, -0.15) is 0 Å². The summed E-state index contributed by atoms with van der Waals surface area (Å²) in [7, 11) is 0. The Balaban J connectivity index is 1.21. The lowest BCUT2D eigenvalue weighted by molar-refractivity contribution is -0.207. The molecule has 6 nitrogen and oxygen atoms in total. The number of halogens is 1. The molecule has 1 unspecified atom stereocenters. The van der Waals surface area contributed by atoms with Crippen molar-refractivity contribution in [2.24, 2.45) is 46.3 Å². The maximum absolute atomic E-state index is 13.5. The Hall–Kier alpha value is -1.83. The van der Waals surface area contributed by atoms with Crippen molar-refractivity contribution in [1.82, 2.24) is 4.98 Å². The molecule has 1 aromatic carbocycles. The minimum Gasteiger partial charge on any atom is -0.408 e. The fourth-order valence-electron chi connectivity index (χ4n) is 9.88. The molecule has 1 heterocycles. The molecule has 7 heteroatoms. The van der Waals surface area contributed by atoms with Crippen molar-refractivity contribution >= 4 is 10.9 Å². The summed E-state index contributed by atoms with van der Waals surface area (Å²) in [5, 5.41) is 33.7. The fraction of sp³-hybridized carbons (Fsp3) is 0.742. The van der Waals surface area contributed by atoms with Crippen molar-refractivity contribution in [2.75, 3.05) is 0 Å². The summed E-state index contributed by atoms with van der Waals surface area (Å²) in [6.45, 7) is 6.83. The zero-order valence-corrected chi connectivity index (χ0v) is 22.8. The van der Waals surface area contributed by atoms with E-state index in [-0.39, 0.29) is 52.1 Å². The summed E-state index contributed by atoms with van der Waals surface area (Å²) < 4.78 is 19.0. The fourth-order valence-corrected chi connectivity index (χ4v) is 9.88. The second-order valence-electron chi connectivity index (χ2n) is 13.6. The summed E-state index contributed by atoms with van der Waals surface area (Å²) >= 11 is 0. The van der Waals surface area contributed by atoms with Crippen LogP contribution in [-0.2, 0) is 6.42 Å². The van der Waals surface area contributed by atoms with Crippen LogP contribution in [0.3, 0.4) is 0 Å². The molecular weight excluding hydrogens is 485 g/mol. The Morgan fingerprint density at radius 2 is 1.89 bits per heavy atom. The minimum atomic E-state index is -0.563. The lowest BCUT2D eigenvalue weighted by Gasteiger charge is -2.63. The first-order valence-corrected chi connectivity index (χ1v) is 14.7. The molecule has 0 aliphatic heterocycles. The number of hydrogen-bond donors (Lipinski definition) is 3. The number of hydrogen-bond acceptors (Lipinski definition) is 6. The molecule has 4 aliphatic rings. The maximum Gasteiger partial charge on any atom is 0.346 e. The summed E-state index contributed by atoms with van der Waals surface area (Å²) in [5.41, 5.74) is -0.321. The van der Waals surface area contributed by atoms with Gasteiger partial charge in [0.15, 0.2) is 5.89 Å². The highest BCUT2D eigenvalue weighted by Gasteiger charge is 2.65. The topological polar surface area (TPSA) is 104 Å². The van der Waals surface area contributed by atoms with Crippen molar-refractivity contribution in [3.05, 3.63) is 40.3 Å². The third-order valence-corrected chi connectivity index (χ3v) is 12.0. The van der Waals surface area contributed by atoms with Gasteiger partial charge in [0, 0.05) is 6.42 Å². The van der Waals surface area contributed by atoms with Gasteiger partial charge in [-0.05, 0) is 116 Å². The van der Waals surface area contributed by atoms with Crippen LogP contribution in [0.25, 0.3) is 10.9 Å². The Morgan fingerprint density at radius 1 is 1.11 bits per heavy atom. The van der Waals surface area contributed by atoms with Gasteiger partial charge in [-0.25, -0.2) is 14.2 Å². The molecule has 3 N–H and O–H groups in total. The molecule has 1 aromatic heterocycles. The van der Waals surface area contributed by atoms with E-state index in [1.807, 2.05) is 0 Å². The summed E-state index contributed by atoms with van der Waals surface area (Å²) in [5.74, 6) is 1.52. The third-order valence-electron chi connectivity index (χ3n) is 12.0. The first-order chi connectivity index (χ1) is 18.0. The largest absolute Gasteiger partial charge is 0.408 e. The summed E-state index contributed by atoms with van der Waals surface area (Å²) in [4.78, 5) is 16.9. The average Bonchev–Trinajstić information content (AvgIpc) is 3.23. The van der Waals surface area contributed by atoms with Crippen LogP contribution in [0.1, 0.15) is 78.0 Å². The number of rotatable bonds is 4. The summed E-state index contributed by atoms with van der Waals surface area (Å²) in [6.07, 6.45) is 6.27. The molecule has 2 aromatic rings. The van der Waals surface area contributed by atoms with E-state index >= 15 is 0 Å². The molecule has 6 rings (SSSR count). The minimum absolute atomic E-state index is 0.0668. The van der Waals surface area contributed by atoms with Gasteiger partial charge in [0.25, 0.3) is 0 Å². The predicted molar refractivity (Wildman–Crippen MR) is 142 cm³/mol. The number of nitrogens with zero attached hydrogens (tertiary/aromatic N) is 1. The Labute approximate surface area is 223 Å². The van der Waals surface area contributed by atoms with Gasteiger partial charge in [-0.1, -0.05) is 20.8 Å². The van der Waals surface area contributed by atoms with Gasteiger partial charge in [0.1, 0.15) is 5.82 Å². The highest BCUT2D eigenvalue weighted by atomic mass is 19.1. The van der Waals surface area contributed by atoms with Crippen molar-refractivity contribution in [2.45, 2.75) is 96.9 Å². The predicted octanol–water partition coefficient (Wildman–Crippen LogP) is 4.86. The molecule has 208 valence electrons. The van der Waals surface area contributed by atoms with Crippen LogP contribution in [0.15, 0.2) is 27.4 Å². The Bertz CT molecular complexity index is 1260. The van der Waals surface area contributed by atoms with Gasteiger partial charge in [0.2, 0.25) is 0 Å².